The molecule has 0 unspecified atom stereocenters. The Morgan fingerprint density at radius 2 is 1.91 bits per heavy atom. The van der Waals surface area contributed by atoms with Crippen molar-refractivity contribution in [3.8, 4) is 22.8 Å². The van der Waals surface area contributed by atoms with E-state index in [2.05, 4.69) is 30.1 Å². The summed E-state index contributed by atoms with van der Waals surface area (Å²) < 4.78 is 5.35. The van der Waals surface area contributed by atoms with Crippen molar-refractivity contribution in [1.29, 1.82) is 0 Å². The van der Waals surface area contributed by atoms with Gasteiger partial charge < -0.3 is 4.52 Å². The zero-order chi connectivity index (χ0) is 15.5. The SMILES string of the molecule is CC(C)Cc1ccc(-c2nc(-c3cc[c]cc3)no2)cc1Cl. The maximum atomic E-state index is 6.35. The topological polar surface area (TPSA) is 38.9 Å². The maximum Gasteiger partial charge on any atom is 0.258 e. The minimum Gasteiger partial charge on any atom is -0.334 e. The van der Waals surface area contributed by atoms with Gasteiger partial charge in [0, 0.05) is 16.1 Å². The van der Waals surface area contributed by atoms with Crippen molar-refractivity contribution in [1.82, 2.24) is 10.1 Å². The highest BCUT2D eigenvalue weighted by Gasteiger charge is 2.12. The lowest BCUT2D eigenvalue weighted by atomic mass is 10.0. The molecule has 4 heteroatoms. The summed E-state index contributed by atoms with van der Waals surface area (Å²) in [5, 5.41) is 4.76. The first-order valence-electron chi connectivity index (χ1n) is 7.22. The van der Waals surface area contributed by atoms with Crippen molar-refractivity contribution in [2.24, 2.45) is 5.92 Å². The van der Waals surface area contributed by atoms with Crippen molar-refractivity contribution in [2.45, 2.75) is 20.3 Å². The molecule has 3 rings (SSSR count). The molecule has 0 amide bonds. The van der Waals surface area contributed by atoms with Crippen LogP contribution in [-0.4, -0.2) is 10.1 Å². The summed E-state index contributed by atoms with van der Waals surface area (Å²) in [5.41, 5.74) is 2.87. The zero-order valence-electron chi connectivity index (χ0n) is 12.5. The van der Waals surface area contributed by atoms with Gasteiger partial charge in [-0.1, -0.05) is 60.9 Å². The summed E-state index contributed by atoms with van der Waals surface area (Å²) in [5.74, 6) is 1.60. The first-order valence-corrected chi connectivity index (χ1v) is 7.60. The standard InChI is InChI=1S/C18H16ClN2O/c1-12(2)10-14-8-9-15(11-16(14)19)18-20-17(21-22-18)13-6-4-3-5-7-13/h4-9,11-12H,10H2,1-2H3. The average Bonchev–Trinajstić information content (AvgIpc) is 3.00. The largest absolute Gasteiger partial charge is 0.334 e. The number of benzene rings is 2. The molecule has 2 aromatic carbocycles. The molecule has 0 aliphatic carbocycles. The molecule has 0 spiro atoms. The molecule has 0 saturated heterocycles. The summed E-state index contributed by atoms with van der Waals surface area (Å²) in [6.07, 6.45) is 0.953. The van der Waals surface area contributed by atoms with Crippen LogP contribution in [0.1, 0.15) is 19.4 Å². The van der Waals surface area contributed by atoms with Crippen molar-refractivity contribution < 1.29 is 4.52 Å². The van der Waals surface area contributed by atoms with Gasteiger partial charge in [-0.25, -0.2) is 0 Å². The molecule has 0 fully saturated rings. The highest BCUT2D eigenvalue weighted by Crippen LogP contribution is 2.27. The Labute approximate surface area is 134 Å². The average molecular weight is 312 g/mol. The van der Waals surface area contributed by atoms with E-state index in [0.717, 1.165) is 28.1 Å². The maximum absolute atomic E-state index is 6.35. The fraction of sp³-hybridized carbons (Fsp3) is 0.222. The second-order valence-corrected chi connectivity index (χ2v) is 6.02. The van der Waals surface area contributed by atoms with E-state index in [0.29, 0.717) is 17.6 Å². The van der Waals surface area contributed by atoms with Gasteiger partial charge in [-0.15, -0.1) is 0 Å². The molecule has 1 heterocycles. The smallest absolute Gasteiger partial charge is 0.258 e. The van der Waals surface area contributed by atoms with Gasteiger partial charge in [0.25, 0.3) is 5.89 Å². The number of rotatable bonds is 4. The van der Waals surface area contributed by atoms with Gasteiger partial charge in [-0.2, -0.15) is 4.98 Å². The number of nitrogens with zero attached hydrogens (tertiary/aromatic N) is 2. The third kappa shape index (κ3) is 3.20. The Bertz CT molecular complexity index is 766. The molecule has 111 valence electrons. The molecular weight excluding hydrogens is 296 g/mol. The number of halogens is 1. The van der Waals surface area contributed by atoms with Crippen LogP contribution in [0.3, 0.4) is 0 Å². The van der Waals surface area contributed by atoms with E-state index >= 15 is 0 Å². The molecule has 3 aromatic rings. The van der Waals surface area contributed by atoms with Gasteiger partial charge in [0.05, 0.1) is 0 Å². The van der Waals surface area contributed by atoms with Gasteiger partial charge in [-0.3, -0.25) is 0 Å². The minimum atomic E-state index is 0.473. The fourth-order valence-corrected chi connectivity index (χ4v) is 2.54. The number of aromatic nitrogens is 2. The fourth-order valence-electron chi connectivity index (χ4n) is 2.28. The Hall–Kier alpha value is -2.13. The highest BCUT2D eigenvalue weighted by atomic mass is 35.5. The predicted octanol–water partition coefficient (Wildman–Crippen LogP) is 5.06. The van der Waals surface area contributed by atoms with Crippen LogP contribution >= 0.6 is 11.6 Å². The molecule has 0 aliphatic rings. The van der Waals surface area contributed by atoms with Gasteiger partial charge in [0.15, 0.2) is 0 Å². The van der Waals surface area contributed by atoms with E-state index in [4.69, 9.17) is 16.1 Å². The lowest BCUT2D eigenvalue weighted by Gasteiger charge is -2.07. The third-order valence-corrected chi connectivity index (χ3v) is 3.68. The van der Waals surface area contributed by atoms with Crippen LogP contribution in [0.4, 0.5) is 0 Å². The van der Waals surface area contributed by atoms with E-state index in [9.17, 15) is 0 Å². The van der Waals surface area contributed by atoms with Crippen LogP contribution in [0.2, 0.25) is 5.02 Å². The van der Waals surface area contributed by atoms with Crippen molar-refractivity contribution in [3.63, 3.8) is 0 Å². The van der Waals surface area contributed by atoms with E-state index < -0.39 is 0 Å². The van der Waals surface area contributed by atoms with Crippen LogP contribution in [0, 0.1) is 12.0 Å². The molecule has 0 atom stereocenters. The summed E-state index contributed by atoms with van der Waals surface area (Å²) in [4.78, 5) is 4.43. The normalized spacial score (nSPS) is 11.1. The quantitative estimate of drug-likeness (QED) is 0.676. The van der Waals surface area contributed by atoms with Gasteiger partial charge in [-0.05, 0) is 36.1 Å². The molecule has 0 N–H and O–H groups in total. The Morgan fingerprint density at radius 1 is 1.14 bits per heavy atom. The van der Waals surface area contributed by atoms with Gasteiger partial charge in [0.2, 0.25) is 5.82 Å². The van der Waals surface area contributed by atoms with Crippen LogP contribution in [-0.2, 0) is 6.42 Å². The zero-order valence-corrected chi connectivity index (χ0v) is 13.3. The third-order valence-electron chi connectivity index (χ3n) is 3.33. The summed E-state index contributed by atoms with van der Waals surface area (Å²) in [6.45, 7) is 4.34. The molecule has 3 nitrogen and oxygen atoms in total. The van der Waals surface area contributed by atoms with Gasteiger partial charge in [0.1, 0.15) is 0 Å². The van der Waals surface area contributed by atoms with Crippen LogP contribution in [0.5, 0.6) is 0 Å². The summed E-state index contributed by atoms with van der Waals surface area (Å²) in [7, 11) is 0. The summed E-state index contributed by atoms with van der Waals surface area (Å²) >= 11 is 6.35. The Morgan fingerprint density at radius 3 is 2.59 bits per heavy atom. The van der Waals surface area contributed by atoms with Crippen molar-refractivity contribution in [2.75, 3.05) is 0 Å². The van der Waals surface area contributed by atoms with Crippen LogP contribution in [0.15, 0.2) is 47.0 Å². The molecule has 0 saturated carbocycles. The Kier molecular flexibility index (Phi) is 4.25. The van der Waals surface area contributed by atoms with Crippen molar-refractivity contribution in [3.05, 3.63) is 59.1 Å². The molecular formula is C18H16ClN2O. The van der Waals surface area contributed by atoms with E-state index in [1.807, 2.05) is 42.5 Å². The molecule has 0 aliphatic heterocycles. The summed E-state index contributed by atoms with van der Waals surface area (Å²) in [6, 6.07) is 16.3. The van der Waals surface area contributed by atoms with Crippen molar-refractivity contribution >= 4 is 11.6 Å². The van der Waals surface area contributed by atoms with Crippen LogP contribution < -0.4 is 0 Å². The highest BCUT2D eigenvalue weighted by molar-refractivity contribution is 6.31. The molecule has 22 heavy (non-hydrogen) atoms. The first kappa shape index (κ1) is 14.8. The lowest BCUT2D eigenvalue weighted by molar-refractivity contribution is 0.432. The monoisotopic (exact) mass is 311 g/mol. The van der Waals surface area contributed by atoms with E-state index in [1.165, 1.54) is 0 Å². The van der Waals surface area contributed by atoms with Gasteiger partial charge >= 0.3 is 0 Å². The van der Waals surface area contributed by atoms with E-state index in [-0.39, 0.29) is 0 Å². The van der Waals surface area contributed by atoms with E-state index in [1.54, 1.807) is 0 Å². The lowest BCUT2D eigenvalue weighted by Crippen LogP contribution is -1.95. The number of hydrogen-bond donors (Lipinski definition) is 0. The number of hydrogen-bond acceptors (Lipinski definition) is 3. The second-order valence-electron chi connectivity index (χ2n) is 5.62. The molecule has 0 bridgehead atoms. The molecule has 1 aromatic heterocycles. The predicted molar refractivity (Wildman–Crippen MR) is 87.6 cm³/mol. The van der Waals surface area contributed by atoms with Crippen LogP contribution in [0.25, 0.3) is 22.8 Å². The Balaban J connectivity index is 1.89. The second kappa shape index (κ2) is 6.32. The minimum absolute atomic E-state index is 0.473. The molecule has 1 radical (unpaired) electrons. The first-order chi connectivity index (χ1) is 10.6.